The Morgan fingerprint density at radius 2 is 1.57 bits per heavy atom. The fourth-order valence-corrected chi connectivity index (χ4v) is 3.09. The highest BCUT2D eigenvalue weighted by atomic mass is 19.4. The Bertz CT molecular complexity index is 783. The zero-order chi connectivity index (χ0) is 22.7. The number of halogens is 3. The van der Waals surface area contributed by atoms with Gasteiger partial charge in [0.05, 0.1) is 5.56 Å². The fourth-order valence-electron chi connectivity index (χ4n) is 3.09. The summed E-state index contributed by atoms with van der Waals surface area (Å²) in [6.07, 6.45) is 0.573. The predicted octanol–water partition coefficient (Wildman–Crippen LogP) is 7.82. The van der Waals surface area contributed by atoms with Gasteiger partial charge in [0.2, 0.25) is 0 Å². The lowest BCUT2D eigenvalue weighted by Gasteiger charge is -2.21. The minimum Gasteiger partial charge on any atom is -0.306 e. The summed E-state index contributed by atoms with van der Waals surface area (Å²) in [5.41, 5.74) is 3.99. The number of allylic oxidation sites excluding steroid dienone is 2. The van der Waals surface area contributed by atoms with Gasteiger partial charge in [-0.3, -0.25) is 0 Å². The van der Waals surface area contributed by atoms with Crippen LogP contribution in [0.5, 0.6) is 0 Å². The molecule has 0 saturated carbocycles. The van der Waals surface area contributed by atoms with Crippen molar-refractivity contribution in [3.05, 3.63) is 95.1 Å². The van der Waals surface area contributed by atoms with Crippen molar-refractivity contribution in [1.29, 1.82) is 0 Å². The molecule has 0 radical (unpaired) electrons. The van der Waals surface area contributed by atoms with Crippen molar-refractivity contribution < 1.29 is 13.2 Å². The summed E-state index contributed by atoms with van der Waals surface area (Å²) in [5, 5.41) is 3.48. The van der Waals surface area contributed by atoms with Crippen molar-refractivity contribution in [2.24, 2.45) is 0 Å². The molecule has 2 rings (SSSR count). The van der Waals surface area contributed by atoms with Crippen molar-refractivity contribution >= 4 is 0 Å². The number of hydrogen-bond donors (Lipinski definition) is 1. The first-order valence-corrected chi connectivity index (χ1v) is 10.2. The van der Waals surface area contributed by atoms with E-state index >= 15 is 0 Å². The molecule has 0 aliphatic heterocycles. The van der Waals surface area contributed by atoms with Gasteiger partial charge < -0.3 is 5.32 Å². The molecule has 0 aliphatic rings. The Morgan fingerprint density at radius 1 is 1.03 bits per heavy atom. The molecule has 164 valence electrons. The SMILES string of the molecule is C=CC.CC(C)=CC(C[C@H](C)c1ccc(C)cc1)NCc1ccc(C(F)(F)F)cc1. The molecule has 1 unspecified atom stereocenters. The van der Waals surface area contributed by atoms with E-state index in [0.717, 1.165) is 24.1 Å². The molecule has 0 saturated heterocycles. The Kier molecular flexibility index (Phi) is 10.6. The molecule has 0 aromatic heterocycles. The van der Waals surface area contributed by atoms with Crippen molar-refractivity contribution in [2.75, 3.05) is 0 Å². The topological polar surface area (TPSA) is 12.0 Å². The number of hydrogen-bond acceptors (Lipinski definition) is 1. The maximum atomic E-state index is 12.7. The Balaban J connectivity index is 0.00000141. The number of rotatable bonds is 7. The van der Waals surface area contributed by atoms with E-state index in [0.29, 0.717) is 12.5 Å². The third-order valence-electron chi connectivity index (χ3n) is 4.64. The third kappa shape index (κ3) is 9.45. The number of alkyl halides is 3. The quantitative estimate of drug-likeness (QED) is 0.453. The lowest BCUT2D eigenvalue weighted by molar-refractivity contribution is -0.137. The van der Waals surface area contributed by atoms with Gasteiger partial charge in [0.15, 0.2) is 0 Å². The lowest BCUT2D eigenvalue weighted by atomic mass is 9.92. The van der Waals surface area contributed by atoms with E-state index in [1.807, 2.05) is 6.92 Å². The monoisotopic (exact) mass is 417 g/mol. The molecular formula is C26H34F3N. The number of nitrogens with one attached hydrogen (secondary N) is 1. The summed E-state index contributed by atoms with van der Waals surface area (Å²) in [6.45, 7) is 14.2. The Hall–Kier alpha value is -2.33. The van der Waals surface area contributed by atoms with E-state index in [1.54, 1.807) is 18.2 Å². The highest BCUT2D eigenvalue weighted by Gasteiger charge is 2.29. The summed E-state index contributed by atoms with van der Waals surface area (Å²) >= 11 is 0. The first-order chi connectivity index (χ1) is 14.1. The first kappa shape index (κ1) is 25.7. The molecular weight excluding hydrogens is 383 g/mol. The molecule has 0 bridgehead atoms. The molecule has 1 nitrogen and oxygen atoms in total. The first-order valence-electron chi connectivity index (χ1n) is 10.2. The van der Waals surface area contributed by atoms with E-state index in [1.165, 1.54) is 16.7 Å². The molecule has 0 amide bonds. The summed E-state index contributed by atoms with van der Waals surface area (Å²) in [4.78, 5) is 0. The standard InChI is InChI=1S/C23H28F3N.C3H6/c1-16(2)13-22(14-18(4)20-9-5-17(3)6-10-20)27-15-19-7-11-21(12-8-19)23(24,25)26;1-3-2/h5-13,18,22,27H,14-15H2,1-4H3;3H,1H2,2H3/t18-,22?;/m0./s1. The van der Waals surface area contributed by atoms with Crippen LogP contribution >= 0.6 is 0 Å². The van der Waals surface area contributed by atoms with E-state index in [-0.39, 0.29) is 6.04 Å². The Labute approximate surface area is 179 Å². The van der Waals surface area contributed by atoms with Gasteiger partial charge in [-0.2, -0.15) is 13.2 Å². The molecule has 2 aromatic carbocycles. The molecule has 0 heterocycles. The van der Waals surface area contributed by atoms with E-state index < -0.39 is 11.7 Å². The van der Waals surface area contributed by atoms with Crippen molar-refractivity contribution in [2.45, 2.75) is 65.7 Å². The molecule has 0 spiro atoms. The van der Waals surface area contributed by atoms with Gasteiger partial charge in [-0.1, -0.05) is 66.6 Å². The van der Waals surface area contributed by atoms with Gasteiger partial charge in [-0.15, -0.1) is 6.58 Å². The minimum absolute atomic E-state index is 0.161. The van der Waals surface area contributed by atoms with Gasteiger partial charge >= 0.3 is 6.18 Å². The summed E-state index contributed by atoms with van der Waals surface area (Å²) in [7, 11) is 0. The molecule has 2 aromatic rings. The number of benzene rings is 2. The zero-order valence-electron chi connectivity index (χ0n) is 18.7. The molecule has 0 aliphatic carbocycles. The van der Waals surface area contributed by atoms with Crippen molar-refractivity contribution in [1.82, 2.24) is 5.32 Å². The highest BCUT2D eigenvalue weighted by molar-refractivity contribution is 5.26. The average Bonchev–Trinajstić information content (AvgIpc) is 2.66. The van der Waals surface area contributed by atoms with Gasteiger partial charge in [0, 0.05) is 12.6 Å². The summed E-state index contributed by atoms with van der Waals surface area (Å²) in [6, 6.07) is 14.1. The number of aryl methyl sites for hydroxylation is 1. The van der Waals surface area contributed by atoms with Gasteiger partial charge in [-0.25, -0.2) is 0 Å². The second-order valence-electron chi connectivity index (χ2n) is 7.88. The van der Waals surface area contributed by atoms with Crippen LogP contribution in [-0.2, 0) is 12.7 Å². The van der Waals surface area contributed by atoms with E-state index in [4.69, 9.17) is 0 Å². The molecule has 4 heteroatoms. The van der Waals surface area contributed by atoms with E-state index in [9.17, 15) is 13.2 Å². The average molecular weight is 418 g/mol. The zero-order valence-corrected chi connectivity index (χ0v) is 18.7. The van der Waals surface area contributed by atoms with E-state index in [2.05, 4.69) is 69.9 Å². The van der Waals surface area contributed by atoms with Crippen LogP contribution in [0.1, 0.15) is 62.3 Å². The lowest BCUT2D eigenvalue weighted by Crippen LogP contribution is -2.28. The van der Waals surface area contributed by atoms with Gasteiger partial charge in [0.25, 0.3) is 0 Å². The van der Waals surface area contributed by atoms with Crippen LogP contribution in [0, 0.1) is 6.92 Å². The van der Waals surface area contributed by atoms with Crippen LogP contribution in [0.4, 0.5) is 13.2 Å². The maximum Gasteiger partial charge on any atom is 0.416 e. The molecule has 1 N–H and O–H groups in total. The highest BCUT2D eigenvalue weighted by Crippen LogP contribution is 2.29. The van der Waals surface area contributed by atoms with Crippen LogP contribution in [0.15, 0.2) is 72.8 Å². The van der Waals surface area contributed by atoms with Crippen LogP contribution in [0.3, 0.4) is 0 Å². The maximum absolute atomic E-state index is 12.7. The third-order valence-corrected chi connectivity index (χ3v) is 4.64. The molecule has 30 heavy (non-hydrogen) atoms. The summed E-state index contributed by atoms with van der Waals surface area (Å²) < 4.78 is 38.0. The van der Waals surface area contributed by atoms with Gasteiger partial charge in [0.1, 0.15) is 0 Å². The molecule has 0 fully saturated rings. The van der Waals surface area contributed by atoms with Crippen LogP contribution in [-0.4, -0.2) is 6.04 Å². The Morgan fingerprint density at radius 3 is 2.03 bits per heavy atom. The molecule has 2 atom stereocenters. The van der Waals surface area contributed by atoms with Crippen LogP contribution in [0.2, 0.25) is 0 Å². The van der Waals surface area contributed by atoms with Crippen LogP contribution < -0.4 is 5.32 Å². The minimum atomic E-state index is -4.29. The second-order valence-corrected chi connectivity index (χ2v) is 7.88. The predicted molar refractivity (Wildman–Crippen MR) is 122 cm³/mol. The van der Waals surface area contributed by atoms with Crippen LogP contribution in [0.25, 0.3) is 0 Å². The van der Waals surface area contributed by atoms with Crippen molar-refractivity contribution in [3.63, 3.8) is 0 Å². The second kappa shape index (κ2) is 12.4. The summed E-state index contributed by atoms with van der Waals surface area (Å²) in [5.74, 6) is 0.381. The van der Waals surface area contributed by atoms with Crippen molar-refractivity contribution in [3.8, 4) is 0 Å². The normalized spacial score (nSPS) is 12.9. The largest absolute Gasteiger partial charge is 0.416 e. The van der Waals surface area contributed by atoms with Gasteiger partial charge in [-0.05, 0) is 63.3 Å². The fraction of sp³-hybridized carbons (Fsp3) is 0.385. The smallest absolute Gasteiger partial charge is 0.306 e.